The Morgan fingerprint density at radius 2 is 1.40 bits per heavy atom. The topological polar surface area (TPSA) is 177 Å². The number of aromatic nitrogens is 7. The van der Waals surface area contributed by atoms with Crippen molar-refractivity contribution in [2.75, 3.05) is 32.8 Å². The molecule has 2 aliphatic heterocycles. The molecule has 1 fully saturated rings. The van der Waals surface area contributed by atoms with E-state index in [0.29, 0.717) is 60.9 Å². The molecular formula is C39H47N9O7. The second kappa shape index (κ2) is 17.1. The molecule has 0 spiro atoms. The van der Waals surface area contributed by atoms with Crippen LogP contribution in [0.3, 0.4) is 0 Å². The number of aldehydes is 1. The van der Waals surface area contributed by atoms with Crippen molar-refractivity contribution in [3.63, 3.8) is 0 Å². The molecule has 5 aromatic heterocycles. The van der Waals surface area contributed by atoms with Gasteiger partial charge in [-0.2, -0.15) is 0 Å². The highest BCUT2D eigenvalue weighted by atomic mass is 16.6. The number of hydrogen-bond donors (Lipinski definition) is 0. The molecule has 0 saturated carbocycles. The predicted molar refractivity (Wildman–Crippen MR) is 204 cm³/mol. The van der Waals surface area contributed by atoms with Crippen LogP contribution in [-0.4, -0.2) is 101 Å². The summed E-state index contributed by atoms with van der Waals surface area (Å²) in [4.78, 5) is 73.1. The van der Waals surface area contributed by atoms with Gasteiger partial charge in [-0.05, 0) is 70.7 Å². The predicted octanol–water partition coefficient (Wildman–Crippen LogP) is 3.86. The lowest BCUT2D eigenvalue weighted by molar-refractivity contribution is -0.108. The molecule has 0 unspecified atom stereocenters. The molecule has 0 bridgehead atoms. The Balaban J connectivity index is 0.000000286. The van der Waals surface area contributed by atoms with Gasteiger partial charge in [0.25, 0.3) is 11.1 Å². The fourth-order valence-corrected chi connectivity index (χ4v) is 6.52. The molecule has 16 nitrogen and oxygen atoms in total. The molecule has 0 aromatic carbocycles. The second-order valence-electron chi connectivity index (χ2n) is 14.7. The standard InChI is InChI=1S/C29H38N6O5.C10H9N3O2/c1-20-14-23-27(31-16-20)32-18-26(36)34(23)11-10-33-8-6-22(7-9-33)35(28(37)40-29(2,3)4)19-21-15-24-25(17-30-21)39-13-5-12-38-24;1-7-4-8-10(11-5-7)12-6-9(15)13(8)2-3-14/h14-18,22H,5-13,19H2,1-4H3;3-6H,2H2,1H3. The fourth-order valence-electron chi connectivity index (χ4n) is 6.52. The Bertz CT molecular complexity index is 2280. The lowest BCUT2D eigenvalue weighted by Crippen LogP contribution is -2.49. The maximum absolute atomic E-state index is 13.3. The van der Waals surface area contributed by atoms with Gasteiger partial charge in [0, 0.05) is 57.1 Å². The summed E-state index contributed by atoms with van der Waals surface area (Å²) in [6.45, 7) is 13.8. The van der Waals surface area contributed by atoms with E-state index in [0.717, 1.165) is 61.2 Å². The number of aryl methyl sites for hydroxylation is 2. The highest BCUT2D eigenvalue weighted by Crippen LogP contribution is 2.30. The summed E-state index contributed by atoms with van der Waals surface area (Å²) in [6.07, 6.45) is 10.3. The summed E-state index contributed by atoms with van der Waals surface area (Å²) in [7, 11) is 0. The van der Waals surface area contributed by atoms with Crippen LogP contribution in [0.4, 0.5) is 4.79 Å². The van der Waals surface area contributed by atoms with Gasteiger partial charge in [0.15, 0.2) is 22.8 Å². The minimum absolute atomic E-state index is 0.000191. The van der Waals surface area contributed by atoms with Crippen molar-refractivity contribution in [3.05, 3.63) is 86.7 Å². The minimum Gasteiger partial charge on any atom is -0.489 e. The van der Waals surface area contributed by atoms with E-state index in [1.54, 1.807) is 34.1 Å². The van der Waals surface area contributed by atoms with E-state index >= 15 is 0 Å². The molecule has 0 aliphatic carbocycles. The maximum atomic E-state index is 13.3. The van der Waals surface area contributed by atoms with Gasteiger partial charge in [-0.25, -0.2) is 24.7 Å². The average Bonchev–Trinajstić information content (AvgIpc) is 3.40. The van der Waals surface area contributed by atoms with E-state index in [-0.39, 0.29) is 29.8 Å². The first-order chi connectivity index (χ1) is 26.4. The van der Waals surface area contributed by atoms with Crippen LogP contribution in [0.25, 0.3) is 22.3 Å². The number of carbonyl (C=O) groups is 2. The summed E-state index contributed by atoms with van der Waals surface area (Å²) in [5.74, 6) is 1.29. The van der Waals surface area contributed by atoms with Crippen LogP contribution >= 0.6 is 0 Å². The first-order valence-electron chi connectivity index (χ1n) is 18.4. The molecule has 1 saturated heterocycles. The van der Waals surface area contributed by atoms with Crippen LogP contribution in [0.1, 0.15) is 56.9 Å². The average molecular weight is 754 g/mol. The quantitative estimate of drug-likeness (QED) is 0.209. The lowest BCUT2D eigenvalue weighted by Gasteiger charge is -2.39. The molecule has 0 N–H and O–H groups in total. The van der Waals surface area contributed by atoms with E-state index in [2.05, 4.69) is 29.8 Å². The molecule has 290 valence electrons. The lowest BCUT2D eigenvalue weighted by atomic mass is 10.0. The van der Waals surface area contributed by atoms with Crippen molar-refractivity contribution < 1.29 is 23.8 Å². The van der Waals surface area contributed by atoms with Crippen LogP contribution in [0, 0.1) is 13.8 Å². The third-order valence-electron chi connectivity index (χ3n) is 9.22. The molecule has 55 heavy (non-hydrogen) atoms. The summed E-state index contributed by atoms with van der Waals surface area (Å²) >= 11 is 0. The van der Waals surface area contributed by atoms with Gasteiger partial charge in [0.2, 0.25) is 0 Å². The Morgan fingerprint density at radius 1 is 0.818 bits per heavy atom. The number of ether oxygens (including phenoxy) is 3. The van der Waals surface area contributed by atoms with Crippen molar-refractivity contribution in [1.29, 1.82) is 0 Å². The summed E-state index contributed by atoms with van der Waals surface area (Å²) in [5.41, 5.74) is 4.00. The minimum atomic E-state index is -0.609. The fraction of sp³-hybridized carbons (Fsp3) is 0.462. The van der Waals surface area contributed by atoms with Crippen molar-refractivity contribution in [1.82, 2.24) is 43.9 Å². The zero-order chi connectivity index (χ0) is 39.1. The summed E-state index contributed by atoms with van der Waals surface area (Å²) in [5, 5.41) is 0. The molecular weight excluding hydrogens is 706 g/mol. The molecule has 16 heteroatoms. The number of pyridine rings is 3. The van der Waals surface area contributed by atoms with Crippen LogP contribution < -0.4 is 20.6 Å². The van der Waals surface area contributed by atoms with Crippen molar-refractivity contribution in [2.45, 2.75) is 85.2 Å². The molecule has 7 rings (SSSR count). The van der Waals surface area contributed by atoms with E-state index in [9.17, 15) is 19.2 Å². The van der Waals surface area contributed by atoms with Crippen LogP contribution in [0.2, 0.25) is 0 Å². The molecule has 0 atom stereocenters. The number of hydrogen-bond acceptors (Lipinski definition) is 13. The van der Waals surface area contributed by atoms with Crippen LogP contribution in [-0.2, 0) is 29.2 Å². The van der Waals surface area contributed by atoms with Crippen LogP contribution in [0.15, 0.2) is 58.8 Å². The van der Waals surface area contributed by atoms with Crippen molar-refractivity contribution >= 4 is 34.7 Å². The van der Waals surface area contributed by atoms with Gasteiger partial charge in [-0.1, -0.05) is 0 Å². The Morgan fingerprint density at radius 3 is 2.02 bits per heavy atom. The van der Waals surface area contributed by atoms with E-state index in [1.165, 1.54) is 17.0 Å². The zero-order valence-electron chi connectivity index (χ0n) is 31.9. The molecule has 2 aliphatic rings. The third kappa shape index (κ3) is 9.86. The van der Waals surface area contributed by atoms with Crippen LogP contribution in [0.5, 0.6) is 11.5 Å². The van der Waals surface area contributed by atoms with Gasteiger partial charge >= 0.3 is 6.09 Å². The van der Waals surface area contributed by atoms with Gasteiger partial charge in [-0.15, -0.1) is 0 Å². The number of nitrogens with zero attached hydrogens (tertiary/aromatic N) is 9. The van der Waals surface area contributed by atoms with Crippen molar-refractivity contribution in [3.8, 4) is 11.5 Å². The maximum Gasteiger partial charge on any atom is 0.410 e. The van der Waals surface area contributed by atoms with Gasteiger partial charge in [0.05, 0.1) is 61.6 Å². The normalized spacial score (nSPS) is 14.9. The van der Waals surface area contributed by atoms with E-state index < -0.39 is 5.60 Å². The summed E-state index contributed by atoms with van der Waals surface area (Å²) < 4.78 is 20.5. The third-order valence-corrected chi connectivity index (χ3v) is 9.22. The number of fused-ring (bicyclic) bond motifs is 3. The Hall–Kier alpha value is -5.77. The highest BCUT2D eigenvalue weighted by molar-refractivity contribution is 5.72. The first kappa shape index (κ1) is 38.9. The first-order valence-corrected chi connectivity index (χ1v) is 18.4. The SMILES string of the molecule is Cc1cnc2ncc(=O)n(CC=O)c2c1.Cc1cnc2ncc(=O)n(CCN3CCC(N(Cc4cc5c(cn4)OCCCO5)C(=O)OC(C)(C)C)CC3)c2c1. The number of piperidine rings is 1. The van der Waals surface area contributed by atoms with E-state index in [4.69, 9.17) is 14.2 Å². The smallest absolute Gasteiger partial charge is 0.410 e. The number of amides is 1. The van der Waals surface area contributed by atoms with Gasteiger partial charge in [0.1, 0.15) is 11.9 Å². The van der Waals surface area contributed by atoms with E-state index in [1.807, 2.05) is 46.8 Å². The largest absolute Gasteiger partial charge is 0.489 e. The monoisotopic (exact) mass is 753 g/mol. The number of rotatable bonds is 8. The number of carbonyl (C=O) groups excluding carboxylic acids is 2. The molecule has 0 radical (unpaired) electrons. The molecule has 1 amide bonds. The van der Waals surface area contributed by atoms with Gasteiger partial charge < -0.3 is 28.5 Å². The van der Waals surface area contributed by atoms with Crippen molar-refractivity contribution in [2.24, 2.45) is 0 Å². The van der Waals surface area contributed by atoms with Gasteiger partial charge in [-0.3, -0.25) is 24.0 Å². The molecule has 5 aromatic rings. The second-order valence-corrected chi connectivity index (χ2v) is 14.7. The zero-order valence-corrected chi connectivity index (χ0v) is 31.9. The molecule has 7 heterocycles. The summed E-state index contributed by atoms with van der Waals surface area (Å²) in [6, 6.07) is 5.61. The Kier molecular flexibility index (Phi) is 12.1. The Labute approximate surface area is 318 Å². The number of likely N-dealkylation sites (tertiary alicyclic amines) is 1. The highest BCUT2D eigenvalue weighted by Gasteiger charge is 2.32.